The lowest BCUT2D eigenvalue weighted by Gasteiger charge is -2.49. The van der Waals surface area contributed by atoms with Crippen LogP contribution in [-0.4, -0.2) is 36.0 Å². The first-order valence-corrected chi connectivity index (χ1v) is 10.1. The van der Waals surface area contributed by atoms with Gasteiger partial charge in [0.15, 0.2) is 5.76 Å². The summed E-state index contributed by atoms with van der Waals surface area (Å²) in [6.07, 6.45) is 2.36. The van der Waals surface area contributed by atoms with Gasteiger partial charge in [0.05, 0.1) is 4.88 Å². The monoisotopic (exact) mass is 366 g/mol. The van der Waals surface area contributed by atoms with E-state index in [1.54, 1.807) is 17.4 Å². The number of nitrogens with zero attached hydrogens (tertiary/aromatic N) is 1. The molecule has 5 heterocycles. The Kier molecular flexibility index (Phi) is 3.87. The number of hydrogen-bond acceptors (Lipinski definition) is 4. The Hall–Kier alpha value is -2.11. The lowest BCUT2D eigenvalue weighted by molar-refractivity contribution is 0.0211. The van der Waals surface area contributed by atoms with Gasteiger partial charge in [-0.05, 0) is 68.4 Å². The Balaban J connectivity index is 1.35. The van der Waals surface area contributed by atoms with Gasteiger partial charge < -0.3 is 9.73 Å². The molecule has 2 atom stereocenters. The van der Waals surface area contributed by atoms with Crippen LogP contribution in [0.15, 0.2) is 46.9 Å². The van der Waals surface area contributed by atoms with Crippen molar-refractivity contribution in [3.8, 4) is 10.6 Å². The molecule has 6 rings (SSSR count). The van der Waals surface area contributed by atoms with E-state index in [1.165, 1.54) is 22.9 Å². The highest BCUT2D eigenvalue weighted by Crippen LogP contribution is 2.35. The molecular formula is C21H22N2O2S. The molecule has 3 fully saturated rings. The minimum atomic E-state index is -0.0945. The fraction of sp³-hybridized carbons (Fsp3) is 0.381. The molecule has 1 aromatic carbocycles. The van der Waals surface area contributed by atoms with Crippen molar-refractivity contribution >= 4 is 27.3 Å². The van der Waals surface area contributed by atoms with Gasteiger partial charge in [-0.1, -0.05) is 18.2 Å². The zero-order valence-corrected chi connectivity index (χ0v) is 15.6. The van der Waals surface area contributed by atoms with E-state index in [1.807, 2.05) is 18.2 Å². The maximum Gasteiger partial charge on any atom is 0.287 e. The SMILES string of the molecule is C[C@@H]1[C@H](NC(=O)c2ccc(-c3cc4ccccc4s3)o2)C2CCN1CC2. The maximum atomic E-state index is 12.7. The predicted molar refractivity (Wildman–Crippen MR) is 105 cm³/mol. The molecule has 3 saturated heterocycles. The normalized spacial score (nSPS) is 27.7. The lowest BCUT2D eigenvalue weighted by Crippen LogP contribution is -2.62. The quantitative estimate of drug-likeness (QED) is 0.748. The van der Waals surface area contributed by atoms with Gasteiger partial charge in [0.1, 0.15) is 5.76 Å². The number of carbonyl (C=O) groups is 1. The second-order valence-corrected chi connectivity index (χ2v) is 8.51. The summed E-state index contributed by atoms with van der Waals surface area (Å²) >= 11 is 1.69. The van der Waals surface area contributed by atoms with Crippen LogP contribution in [0.4, 0.5) is 0 Å². The van der Waals surface area contributed by atoms with Crippen molar-refractivity contribution in [2.24, 2.45) is 5.92 Å². The molecule has 2 bridgehead atoms. The largest absolute Gasteiger partial charge is 0.450 e. The molecule has 3 aliphatic rings. The van der Waals surface area contributed by atoms with E-state index in [0.29, 0.717) is 17.7 Å². The van der Waals surface area contributed by atoms with E-state index in [4.69, 9.17) is 4.42 Å². The average Bonchev–Trinajstić information content (AvgIpc) is 3.31. The number of amides is 1. The number of furan rings is 1. The third-order valence-electron chi connectivity index (χ3n) is 5.97. The molecule has 26 heavy (non-hydrogen) atoms. The summed E-state index contributed by atoms with van der Waals surface area (Å²) in [5.41, 5.74) is 0. The Labute approximate surface area is 156 Å². The number of thiophene rings is 1. The number of rotatable bonds is 3. The molecule has 3 aliphatic heterocycles. The number of hydrogen-bond donors (Lipinski definition) is 1. The molecule has 1 amide bonds. The highest BCUT2D eigenvalue weighted by atomic mass is 32.1. The highest BCUT2D eigenvalue weighted by Gasteiger charge is 2.40. The number of carbonyl (C=O) groups excluding carboxylic acids is 1. The number of nitrogens with one attached hydrogen (secondary N) is 1. The zero-order valence-electron chi connectivity index (χ0n) is 14.8. The first-order chi connectivity index (χ1) is 12.7. The van der Waals surface area contributed by atoms with Crippen LogP contribution < -0.4 is 5.32 Å². The van der Waals surface area contributed by atoms with Crippen LogP contribution in [0.2, 0.25) is 0 Å². The third-order valence-corrected chi connectivity index (χ3v) is 7.10. The summed E-state index contributed by atoms with van der Waals surface area (Å²) < 4.78 is 7.13. The van der Waals surface area contributed by atoms with Crippen molar-refractivity contribution in [2.45, 2.75) is 31.8 Å². The summed E-state index contributed by atoms with van der Waals surface area (Å²) in [7, 11) is 0. The highest BCUT2D eigenvalue weighted by molar-refractivity contribution is 7.22. The van der Waals surface area contributed by atoms with Gasteiger partial charge >= 0.3 is 0 Å². The molecular weight excluding hydrogens is 344 g/mol. The van der Waals surface area contributed by atoms with Gasteiger partial charge in [0.2, 0.25) is 0 Å². The second-order valence-electron chi connectivity index (χ2n) is 7.43. The Morgan fingerprint density at radius 2 is 2.00 bits per heavy atom. The van der Waals surface area contributed by atoms with E-state index in [9.17, 15) is 4.79 Å². The van der Waals surface area contributed by atoms with Crippen molar-refractivity contribution in [1.82, 2.24) is 10.2 Å². The van der Waals surface area contributed by atoms with Gasteiger partial charge in [-0.15, -0.1) is 11.3 Å². The standard InChI is InChI=1S/C21H22N2O2S/c1-13-20(14-8-10-23(13)11-9-14)22-21(24)17-7-6-16(25-17)19-12-15-4-2-3-5-18(15)26-19/h2-7,12-14,20H,8-11H2,1H3,(H,22,24)/t13-,20+/m1/s1. The topological polar surface area (TPSA) is 45.5 Å². The van der Waals surface area contributed by atoms with Crippen LogP contribution in [0.25, 0.3) is 20.7 Å². The van der Waals surface area contributed by atoms with Crippen molar-refractivity contribution in [2.75, 3.05) is 13.1 Å². The maximum absolute atomic E-state index is 12.7. The van der Waals surface area contributed by atoms with Crippen LogP contribution in [0, 0.1) is 5.92 Å². The van der Waals surface area contributed by atoms with Gasteiger partial charge in [-0.25, -0.2) is 0 Å². The van der Waals surface area contributed by atoms with Crippen molar-refractivity contribution < 1.29 is 9.21 Å². The average molecular weight is 366 g/mol. The summed E-state index contributed by atoms with van der Waals surface area (Å²) in [4.78, 5) is 16.3. The van der Waals surface area contributed by atoms with E-state index in [-0.39, 0.29) is 11.9 Å². The number of fused-ring (bicyclic) bond motifs is 4. The molecule has 4 nitrogen and oxygen atoms in total. The third kappa shape index (κ3) is 2.66. The minimum Gasteiger partial charge on any atom is -0.450 e. The molecule has 0 unspecified atom stereocenters. The number of piperidine rings is 3. The summed E-state index contributed by atoms with van der Waals surface area (Å²) in [6.45, 7) is 4.55. The summed E-state index contributed by atoms with van der Waals surface area (Å²) in [6, 6.07) is 14.7. The van der Waals surface area contributed by atoms with Gasteiger partial charge in [0, 0.05) is 16.8 Å². The van der Waals surface area contributed by atoms with Crippen LogP contribution >= 0.6 is 11.3 Å². The first kappa shape index (κ1) is 16.1. The van der Waals surface area contributed by atoms with Gasteiger partial charge in [-0.3, -0.25) is 9.69 Å². The lowest BCUT2D eigenvalue weighted by atomic mass is 9.79. The summed E-state index contributed by atoms with van der Waals surface area (Å²) in [5, 5.41) is 4.44. The smallest absolute Gasteiger partial charge is 0.287 e. The Bertz CT molecular complexity index is 917. The number of benzene rings is 1. The van der Waals surface area contributed by atoms with E-state index in [2.05, 4.69) is 35.3 Å². The Morgan fingerprint density at radius 3 is 2.77 bits per heavy atom. The fourth-order valence-electron chi connectivity index (χ4n) is 4.46. The molecule has 0 spiro atoms. The Morgan fingerprint density at radius 1 is 1.19 bits per heavy atom. The molecule has 3 aromatic rings. The molecule has 0 saturated carbocycles. The second kappa shape index (κ2) is 6.25. The zero-order chi connectivity index (χ0) is 17.7. The molecule has 0 aliphatic carbocycles. The van der Waals surface area contributed by atoms with Crippen molar-refractivity contribution in [3.63, 3.8) is 0 Å². The van der Waals surface area contributed by atoms with Crippen molar-refractivity contribution in [1.29, 1.82) is 0 Å². The van der Waals surface area contributed by atoms with Crippen LogP contribution in [0.1, 0.15) is 30.3 Å². The first-order valence-electron chi connectivity index (χ1n) is 9.33. The van der Waals surface area contributed by atoms with Crippen molar-refractivity contribution in [3.05, 3.63) is 48.2 Å². The molecule has 0 radical (unpaired) electrons. The van der Waals surface area contributed by atoms with Crippen LogP contribution in [0.3, 0.4) is 0 Å². The van der Waals surface area contributed by atoms with E-state index >= 15 is 0 Å². The predicted octanol–water partition coefficient (Wildman–Crippen LogP) is 4.37. The van der Waals surface area contributed by atoms with E-state index in [0.717, 1.165) is 23.7 Å². The van der Waals surface area contributed by atoms with Gasteiger partial charge in [0.25, 0.3) is 5.91 Å². The van der Waals surface area contributed by atoms with Crippen LogP contribution in [0.5, 0.6) is 0 Å². The summed E-state index contributed by atoms with van der Waals surface area (Å²) in [5.74, 6) is 1.67. The van der Waals surface area contributed by atoms with Gasteiger partial charge in [-0.2, -0.15) is 0 Å². The molecule has 1 N–H and O–H groups in total. The minimum absolute atomic E-state index is 0.0945. The molecule has 5 heteroatoms. The fourth-order valence-corrected chi connectivity index (χ4v) is 5.49. The molecule has 2 aromatic heterocycles. The van der Waals surface area contributed by atoms with E-state index < -0.39 is 0 Å². The van der Waals surface area contributed by atoms with Crippen LogP contribution in [-0.2, 0) is 0 Å². The molecule has 134 valence electrons.